The molecule has 0 aliphatic heterocycles. The number of ether oxygens (including phenoxy) is 2. The van der Waals surface area contributed by atoms with Crippen molar-refractivity contribution in [2.24, 2.45) is 29.6 Å². The molecule has 0 saturated heterocycles. The molecule has 6 unspecified atom stereocenters. The van der Waals surface area contributed by atoms with Gasteiger partial charge in [0.05, 0.1) is 5.92 Å². The molecule has 4 heteroatoms. The second-order valence-electron chi connectivity index (χ2n) is 8.65. The van der Waals surface area contributed by atoms with E-state index >= 15 is 0 Å². The average Bonchev–Trinajstić information content (AvgIpc) is 3.05. The van der Waals surface area contributed by atoms with Crippen LogP contribution < -0.4 is 0 Å². The Bertz CT molecular complexity index is 530. The first kappa shape index (κ1) is 16.5. The first-order valence-corrected chi connectivity index (χ1v) is 8.75. The van der Waals surface area contributed by atoms with Gasteiger partial charge in [-0.2, -0.15) is 0 Å². The van der Waals surface area contributed by atoms with Crippen LogP contribution in [0.5, 0.6) is 0 Å². The van der Waals surface area contributed by atoms with E-state index in [1.165, 1.54) is 0 Å². The topological polar surface area (TPSA) is 52.6 Å². The first-order valence-electron chi connectivity index (χ1n) is 8.75. The monoisotopic (exact) mass is 320 g/mol. The van der Waals surface area contributed by atoms with Crippen LogP contribution in [0.1, 0.15) is 53.4 Å². The Kier molecular flexibility index (Phi) is 4.06. The summed E-state index contributed by atoms with van der Waals surface area (Å²) in [6.07, 6.45) is 3.95. The van der Waals surface area contributed by atoms with Crippen molar-refractivity contribution in [3.63, 3.8) is 0 Å². The number of rotatable bonds is 3. The highest BCUT2D eigenvalue weighted by atomic mass is 16.6. The van der Waals surface area contributed by atoms with Gasteiger partial charge in [-0.1, -0.05) is 6.58 Å². The predicted molar refractivity (Wildman–Crippen MR) is 86.5 cm³/mol. The highest BCUT2D eigenvalue weighted by molar-refractivity contribution is 5.87. The highest BCUT2D eigenvalue weighted by Crippen LogP contribution is 2.61. The molecular weight excluding hydrogens is 292 g/mol. The van der Waals surface area contributed by atoms with Gasteiger partial charge in [-0.3, -0.25) is 4.79 Å². The summed E-state index contributed by atoms with van der Waals surface area (Å²) in [5.41, 5.74) is 0.0372. The lowest BCUT2D eigenvalue weighted by atomic mass is 9.80. The molecule has 4 nitrogen and oxygen atoms in total. The fourth-order valence-electron chi connectivity index (χ4n) is 4.96. The van der Waals surface area contributed by atoms with Crippen LogP contribution in [0.3, 0.4) is 0 Å². The number of carbonyl (C=O) groups excluding carboxylic acids is 2. The molecule has 6 atom stereocenters. The van der Waals surface area contributed by atoms with E-state index in [9.17, 15) is 9.59 Å². The fraction of sp³-hybridized carbons (Fsp3) is 0.789. The summed E-state index contributed by atoms with van der Waals surface area (Å²) in [6.45, 7) is 11.1. The number of hydrogen-bond acceptors (Lipinski definition) is 4. The third kappa shape index (κ3) is 3.17. The van der Waals surface area contributed by atoms with E-state index in [4.69, 9.17) is 9.47 Å². The smallest absolute Gasteiger partial charge is 0.333 e. The Morgan fingerprint density at radius 2 is 1.65 bits per heavy atom. The van der Waals surface area contributed by atoms with Crippen LogP contribution in [0.4, 0.5) is 0 Å². The van der Waals surface area contributed by atoms with Crippen molar-refractivity contribution in [2.45, 2.75) is 65.1 Å². The second-order valence-corrected chi connectivity index (χ2v) is 8.65. The summed E-state index contributed by atoms with van der Waals surface area (Å²) in [5, 5.41) is 0. The molecule has 3 fully saturated rings. The van der Waals surface area contributed by atoms with Crippen LogP contribution in [-0.4, -0.2) is 23.6 Å². The fourth-order valence-corrected chi connectivity index (χ4v) is 4.96. The summed E-state index contributed by atoms with van der Waals surface area (Å²) in [5.74, 6) is 1.82. The first-order chi connectivity index (χ1) is 10.7. The van der Waals surface area contributed by atoms with Crippen molar-refractivity contribution in [2.75, 3.05) is 0 Å². The molecular formula is C19H28O4. The van der Waals surface area contributed by atoms with Gasteiger partial charge >= 0.3 is 11.9 Å². The lowest BCUT2D eigenvalue weighted by Gasteiger charge is -2.31. The van der Waals surface area contributed by atoms with Gasteiger partial charge in [-0.25, -0.2) is 4.79 Å². The van der Waals surface area contributed by atoms with Crippen LogP contribution in [0.25, 0.3) is 0 Å². The second kappa shape index (κ2) is 5.64. The van der Waals surface area contributed by atoms with Crippen molar-refractivity contribution in [1.29, 1.82) is 0 Å². The summed E-state index contributed by atoms with van der Waals surface area (Å²) >= 11 is 0. The minimum Gasteiger partial charge on any atom is -0.460 e. The van der Waals surface area contributed by atoms with E-state index in [0.29, 0.717) is 29.2 Å². The highest BCUT2D eigenvalue weighted by Gasteiger charge is 2.58. The molecule has 3 saturated carbocycles. The van der Waals surface area contributed by atoms with Gasteiger partial charge in [-0.05, 0) is 77.0 Å². The summed E-state index contributed by atoms with van der Waals surface area (Å²) in [7, 11) is 0. The molecule has 0 amide bonds. The summed E-state index contributed by atoms with van der Waals surface area (Å²) in [6, 6.07) is 0. The van der Waals surface area contributed by atoms with Crippen molar-refractivity contribution in [3.05, 3.63) is 12.2 Å². The number of fused-ring (bicyclic) bond motifs is 5. The van der Waals surface area contributed by atoms with Crippen LogP contribution in [-0.2, 0) is 19.1 Å². The lowest BCUT2D eigenvalue weighted by molar-refractivity contribution is -0.160. The van der Waals surface area contributed by atoms with E-state index < -0.39 is 5.60 Å². The Morgan fingerprint density at radius 1 is 1.00 bits per heavy atom. The molecule has 2 bridgehead atoms. The molecule has 0 spiro atoms. The van der Waals surface area contributed by atoms with E-state index in [1.807, 2.05) is 20.8 Å². The minimum atomic E-state index is -0.423. The molecule has 0 radical (unpaired) electrons. The van der Waals surface area contributed by atoms with Gasteiger partial charge in [0.15, 0.2) is 0 Å². The number of carbonyl (C=O) groups is 2. The predicted octanol–water partition coefficient (Wildman–Crippen LogP) is 3.50. The normalized spacial score (nSPS) is 38.3. The van der Waals surface area contributed by atoms with Crippen molar-refractivity contribution < 1.29 is 19.1 Å². The average molecular weight is 320 g/mol. The Morgan fingerprint density at radius 3 is 2.26 bits per heavy atom. The maximum atomic E-state index is 12.4. The molecule has 128 valence electrons. The zero-order valence-corrected chi connectivity index (χ0v) is 14.6. The summed E-state index contributed by atoms with van der Waals surface area (Å²) in [4.78, 5) is 24.2. The van der Waals surface area contributed by atoms with Gasteiger partial charge in [0.2, 0.25) is 0 Å². The van der Waals surface area contributed by atoms with E-state index in [2.05, 4.69) is 6.58 Å². The molecule has 3 aliphatic rings. The number of hydrogen-bond donors (Lipinski definition) is 0. The third-order valence-corrected chi connectivity index (χ3v) is 5.75. The maximum Gasteiger partial charge on any atom is 0.333 e. The van der Waals surface area contributed by atoms with E-state index in [-0.39, 0.29) is 24.0 Å². The van der Waals surface area contributed by atoms with Crippen LogP contribution in [0.15, 0.2) is 12.2 Å². The van der Waals surface area contributed by atoms with Crippen LogP contribution in [0, 0.1) is 29.6 Å². The minimum absolute atomic E-state index is 0.0165. The van der Waals surface area contributed by atoms with Gasteiger partial charge in [-0.15, -0.1) is 0 Å². The SMILES string of the molecule is C=C(C)C(=O)OC1CC2CC1C1CC(C(=O)OC(C)(C)C)CC21. The Balaban J connectivity index is 1.62. The van der Waals surface area contributed by atoms with Crippen molar-refractivity contribution in [1.82, 2.24) is 0 Å². The zero-order chi connectivity index (χ0) is 16.9. The van der Waals surface area contributed by atoms with Crippen molar-refractivity contribution in [3.8, 4) is 0 Å². The van der Waals surface area contributed by atoms with Crippen LogP contribution in [0.2, 0.25) is 0 Å². The Hall–Kier alpha value is -1.32. The zero-order valence-electron chi connectivity index (χ0n) is 14.6. The van der Waals surface area contributed by atoms with E-state index in [1.54, 1.807) is 6.92 Å². The molecule has 0 aromatic heterocycles. The third-order valence-electron chi connectivity index (χ3n) is 5.75. The molecule has 0 aromatic carbocycles. The van der Waals surface area contributed by atoms with Gasteiger partial charge in [0.1, 0.15) is 11.7 Å². The van der Waals surface area contributed by atoms with Gasteiger partial charge in [0.25, 0.3) is 0 Å². The molecule has 0 N–H and O–H groups in total. The molecule has 23 heavy (non-hydrogen) atoms. The lowest BCUT2D eigenvalue weighted by Crippen LogP contribution is -2.32. The standard InChI is InChI=1S/C19H28O4/c1-10(2)17(20)22-16-9-11-6-15(16)14-8-12(7-13(11)14)18(21)23-19(3,4)5/h11-16H,1,6-9H2,2-5H3. The molecule has 0 aromatic rings. The van der Waals surface area contributed by atoms with E-state index in [0.717, 1.165) is 25.7 Å². The van der Waals surface area contributed by atoms with Crippen molar-refractivity contribution >= 4 is 11.9 Å². The summed E-state index contributed by atoms with van der Waals surface area (Å²) < 4.78 is 11.2. The largest absolute Gasteiger partial charge is 0.460 e. The number of esters is 2. The molecule has 0 heterocycles. The van der Waals surface area contributed by atoms with Crippen LogP contribution >= 0.6 is 0 Å². The van der Waals surface area contributed by atoms with Gasteiger partial charge in [0, 0.05) is 5.57 Å². The quantitative estimate of drug-likeness (QED) is 0.590. The van der Waals surface area contributed by atoms with Gasteiger partial charge < -0.3 is 9.47 Å². The maximum absolute atomic E-state index is 12.4. The Labute approximate surface area is 138 Å². The molecule has 3 aliphatic carbocycles. The molecule has 3 rings (SSSR count).